The number of rotatable bonds is 4. The van der Waals surface area contributed by atoms with E-state index in [2.05, 4.69) is 46.1 Å². The highest BCUT2D eigenvalue weighted by Gasteiger charge is 2.11. The van der Waals surface area contributed by atoms with Gasteiger partial charge in [-0.05, 0) is 79.7 Å². The predicted octanol–water partition coefficient (Wildman–Crippen LogP) is 5.85. The molecular weight excluding hydrogens is 374 g/mol. The number of pyridine rings is 1. The predicted molar refractivity (Wildman–Crippen MR) is 118 cm³/mol. The lowest BCUT2D eigenvalue weighted by Gasteiger charge is -2.11. The number of amides is 1. The molecule has 0 fully saturated rings. The van der Waals surface area contributed by atoms with E-state index in [1.807, 2.05) is 36.4 Å². The van der Waals surface area contributed by atoms with Crippen LogP contribution in [0, 0.1) is 6.92 Å². The molecule has 0 saturated carbocycles. The van der Waals surface area contributed by atoms with Crippen LogP contribution < -0.4 is 5.32 Å². The van der Waals surface area contributed by atoms with Gasteiger partial charge in [0.15, 0.2) is 0 Å². The van der Waals surface area contributed by atoms with Gasteiger partial charge in [0.1, 0.15) is 5.76 Å². The molecule has 3 aromatic heterocycles. The van der Waals surface area contributed by atoms with Crippen molar-refractivity contribution < 1.29 is 9.21 Å². The van der Waals surface area contributed by atoms with Crippen molar-refractivity contribution in [1.29, 1.82) is 0 Å². The van der Waals surface area contributed by atoms with Gasteiger partial charge in [-0.15, -0.1) is 0 Å². The Bertz CT molecular complexity index is 1320. The van der Waals surface area contributed by atoms with Gasteiger partial charge < -0.3 is 14.3 Å². The molecule has 5 nitrogen and oxygen atoms in total. The fourth-order valence-electron chi connectivity index (χ4n) is 3.69. The van der Waals surface area contributed by atoms with Crippen molar-refractivity contribution in [2.24, 2.45) is 0 Å². The van der Waals surface area contributed by atoms with E-state index in [0.717, 1.165) is 39.3 Å². The lowest BCUT2D eigenvalue weighted by Crippen LogP contribution is -2.12. The summed E-state index contributed by atoms with van der Waals surface area (Å²) in [7, 11) is 0. The number of hydrogen-bond acceptors (Lipinski definition) is 3. The minimum Gasteiger partial charge on any atom is -0.464 e. The number of benzene rings is 2. The van der Waals surface area contributed by atoms with E-state index in [1.165, 1.54) is 0 Å². The molecule has 0 aliphatic heterocycles. The van der Waals surface area contributed by atoms with Gasteiger partial charge in [-0.25, -0.2) is 0 Å². The maximum atomic E-state index is 12.3. The largest absolute Gasteiger partial charge is 0.464 e. The average molecular weight is 393 g/mol. The third-order valence-electron chi connectivity index (χ3n) is 5.10. The molecule has 1 amide bonds. The summed E-state index contributed by atoms with van der Waals surface area (Å²) in [6.07, 6.45) is 4.88. The molecular formula is C25H19N3O2. The maximum Gasteiger partial charge on any atom is 0.257 e. The minimum atomic E-state index is -0.177. The summed E-state index contributed by atoms with van der Waals surface area (Å²) >= 11 is 0. The summed E-state index contributed by atoms with van der Waals surface area (Å²) in [5.74, 6) is 0.680. The van der Waals surface area contributed by atoms with Crippen LogP contribution in [0.3, 0.4) is 0 Å². The number of aryl methyl sites for hydroxylation is 1. The molecule has 1 N–H and O–H groups in total. The fraction of sp³-hybridized carbons (Fsp3) is 0.0400. The van der Waals surface area contributed by atoms with E-state index in [-0.39, 0.29) is 5.91 Å². The monoisotopic (exact) mass is 393 g/mol. The summed E-state index contributed by atoms with van der Waals surface area (Å²) in [5, 5.41) is 4.06. The van der Waals surface area contributed by atoms with Crippen LogP contribution in [0.4, 0.5) is 5.69 Å². The number of nitrogens with one attached hydrogen (secondary N) is 1. The first kappa shape index (κ1) is 17.9. The summed E-state index contributed by atoms with van der Waals surface area (Å²) < 4.78 is 7.72. The van der Waals surface area contributed by atoms with Crippen LogP contribution >= 0.6 is 0 Å². The molecule has 0 aliphatic rings. The average Bonchev–Trinajstić information content (AvgIpc) is 3.42. The normalized spacial score (nSPS) is 11.0. The number of anilines is 1. The number of furan rings is 1. The van der Waals surface area contributed by atoms with E-state index in [1.54, 1.807) is 30.8 Å². The third kappa shape index (κ3) is 3.26. The molecule has 0 radical (unpaired) electrons. The first-order valence-electron chi connectivity index (χ1n) is 9.67. The van der Waals surface area contributed by atoms with Gasteiger partial charge in [-0.1, -0.05) is 0 Å². The van der Waals surface area contributed by atoms with Crippen LogP contribution in [0.25, 0.3) is 27.9 Å². The van der Waals surface area contributed by atoms with Gasteiger partial charge in [0.2, 0.25) is 0 Å². The van der Waals surface area contributed by atoms with E-state index in [0.29, 0.717) is 5.56 Å². The van der Waals surface area contributed by atoms with Crippen molar-refractivity contribution in [3.63, 3.8) is 0 Å². The maximum absolute atomic E-state index is 12.3. The van der Waals surface area contributed by atoms with E-state index < -0.39 is 0 Å². The smallest absolute Gasteiger partial charge is 0.257 e. The first-order chi connectivity index (χ1) is 14.7. The standard InChI is InChI=1S/C25H19N3O2/c1-17-14-20-15-18(24-5-3-13-30-24)6-11-23(20)28(17)22-9-7-21(8-10-22)27-25(29)19-4-2-12-26-16-19/h2-16H,1H3,(H,27,29). The second kappa shape index (κ2) is 7.37. The van der Waals surface area contributed by atoms with Crippen molar-refractivity contribution in [2.75, 3.05) is 5.32 Å². The number of hydrogen-bond donors (Lipinski definition) is 1. The van der Waals surface area contributed by atoms with Gasteiger partial charge in [0.05, 0.1) is 17.3 Å². The second-order valence-electron chi connectivity index (χ2n) is 7.11. The summed E-state index contributed by atoms with van der Waals surface area (Å²) in [6.45, 7) is 2.09. The number of fused-ring (bicyclic) bond motifs is 1. The molecule has 2 aromatic carbocycles. The Balaban J connectivity index is 1.44. The van der Waals surface area contributed by atoms with Gasteiger partial charge in [0, 0.05) is 40.4 Å². The third-order valence-corrected chi connectivity index (χ3v) is 5.10. The zero-order valence-electron chi connectivity index (χ0n) is 16.4. The summed E-state index contributed by atoms with van der Waals surface area (Å²) in [5.41, 5.74) is 5.61. The van der Waals surface area contributed by atoms with E-state index in [9.17, 15) is 4.79 Å². The van der Waals surface area contributed by atoms with Crippen LogP contribution in [-0.2, 0) is 0 Å². The van der Waals surface area contributed by atoms with Gasteiger partial charge in [-0.3, -0.25) is 9.78 Å². The molecule has 0 aliphatic carbocycles. The van der Waals surface area contributed by atoms with Crippen molar-refractivity contribution in [1.82, 2.24) is 9.55 Å². The van der Waals surface area contributed by atoms with Gasteiger partial charge >= 0.3 is 0 Å². The fourth-order valence-corrected chi connectivity index (χ4v) is 3.69. The van der Waals surface area contributed by atoms with Crippen molar-refractivity contribution >= 4 is 22.5 Å². The number of aromatic nitrogens is 2. The molecule has 146 valence electrons. The molecule has 5 heteroatoms. The quantitative estimate of drug-likeness (QED) is 0.417. The van der Waals surface area contributed by atoms with E-state index >= 15 is 0 Å². The Labute approximate surface area is 173 Å². The molecule has 0 atom stereocenters. The molecule has 0 spiro atoms. The zero-order chi connectivity index (χ0) is 20.5. The zero-order valence-corrected chi connectivity index (χ0v) is 16.4. The summed E-state index contributed by atoms with van der Waals surface area (Å²) in [4.78, 5) is 16.3. The highest BCUT2D eigenvalue weighted by atomic mass is 16.3. The lowest BCUT2D eigenvalue weighted by molar-refractivity contribution is 0.102. The number of carbonyl (C=O) groups is 1. The van der Waals surface area contributed by atoms with E-state index in [4.69, 9.17) is 4.42 Å². The van der Waals surface area contributed by atoms with Crippen molar-refractivity contribution in [3.8, 4) is 17.0 Å². The minimum absolute atomic E-state index is 0.177. The molecule has 3 heterocycles. The Kier molecular flexibility index (Phi) is 4.41. The SMILES string of the molecule is Cc1cc2cc(-c3ccco3)ccc2n1-c1ccc(NC(=O)c2cccnc2)cc1. The van der Waals surface area contributed by atoms with Gasteiger partial charge in [-0.2, -0.15) is 0 Å². The van der Waals surface area contributed by atoms with Crippen LogP contribution in [0.15, 0.2) is 95.9 Å². The van der Waals surface area contributed by atoms with Gasteiger partial charge in [0.25, 0.3) is 5.91 Å². The lowest BCUT2D eigenvalue weighted by atomic mass is 10.1. The molecule has 0 saturated heterocycles. The molecule has 5 aromatic rings. The Morgan fingerprint density at radius 3 is 2.60 bits per heavy atom. The Morgan fingerprint density at radius 2 is 1.87 bits per heavy atom. The number of nitrogens with zero attached hydrogens (tertiary/aromatic N) is 2. The molecule has 0 unspecified atom stereocenters. The molecule has 0 bridgehead atoms. The Morgan fingerprint density at radius 1 is 1.00 bits per heavy atom. The Hall–Kier alpha value is -4.12. The second-order valence-corrected chi connectivity index (χ2v) is 7.11. The first-order valence-corrected chi connectivity index (χ1v) is 9.67. The highest BCUT2D eigenvalue weighted by Crippen LogP contribution is 2.29. The molecule has 30 heavy (non-hydrogen) atoms. The van der Waals surface area contributed by atoms with Crippen molar-refractivity contribution in [3.05, 3.63) is 103 Å². The van der Waals surface area contributed by atoms with Crippen molar-refractivity contribution in [2.45, 2.75) is 6.92 Å². The number of carbonyl (C=O) groups excluding carboxylic acids is 1. The van der Waals surface area contributed by atoms with Crippen LogP contribution in [0.5, 0.6) is 0 Å². The van der Waals surface area contributed by atoms with Crippen LogP contribution in [0.2, 0.25) is 0 Å². The summed E-state index contributed by atoms with van der Waals surface area (Å²) in [6, 6.07) is 23.7. The highest BCUT2D eigenvalue weighted by molar-refractivity contribution is 6.04. The van der Waals surface area contributed by atoms with Crippen LogP contribution in [-0.4, -0.2) is 15.5 Å². The molecule has 5 rings (SSSR count). The van der Waals surface area contributed by atoms with Crippen LogP contribution in [0.1, 0.15) is 16.1 Å². The topological polar surface area (TPSA) is 60.1 Å².